The zero-order valence-electron chi connectivity index (χ0n) is 12.3. The molecule has 0 aliphatic carbocycles. The number of benzene rings is 1. The van der Waals surface area contributed by atoms with E-state index in [1.54, 1.807) is 18.1 Å². The van der Waals surface area contributed by atoms with Gasteiger partial charge in [0.05, 0.1) is 12.0 Å². The molecule has 5 heteroatoms. The molecule has 0 spiro atoms. The van der Waals surface area contributed by atoms with Crippen LogP contribution in [-0.2, 0) is 6.42 Å². The van der Waals surface area contributed by atoms with E-state index < -0.39 is 0 Å². The fraction of sp³-hybridized carbons (Fsp3) is 0.235. The maximum atomic E-state index is 6.03. The number of H-pyrrole nitrogens is 1. The number of hydrogen-bond donors (Lipinski definition) is 2. The molecule has 1 unspecified atom stereocenters. The van der Waals surface area contributed by atoms with Crippen LogP contribution in [0.3, 0.4) is 0 Å². The number of aromatic amines is 1. The zero-order valence-corrected chi connectivity index (χ0v) is 13.1. The first-order chi connectivity index (χ1) is 10.8. The monoisotopic (exact) mass is 311 g/mol. The van der Waals surface area contributed by atoms with E-state index in [0.29, 0.717) is 0 Å². The molecule has 22 heavy (non-hydrogen) atoms. The summed E-state index contributed by atoms with van der Waals surface area (Å²) < 4.78 is 6.03. The third kappa shape index (κ3) is 2.58. The Morgan fingerprint density at radius 3 is 2.91 bits per heavy atom. The molecule has 1 atom stereocenters. The SMILES string of the molecule is Cc1ccc(Sc2ccc(C3NCCc4[nH]cnc43)o2)cc1. The summed E-state index contributed by atoms with van der Waals surface area (Å²) in [4.78, 5) is 8.83. The Kier molecular flexibility index (Phi) is 3.52. The van der Waals surface area contributed by atoms with Crippen LogP contribution in [0.5, 0.6) is 0 Å². The van der Waals surface area contributed by atoms with Crippen LogP contribution in [0.15, 0.2) is 57.1 Å². The lowest BCUT2D eigenvalue weighted by Crippen LogP contribution is -2.30. The van der Waals surface area contributed by atoms with Crippen molar-refractivity contribution in [1.29, 1.82) is 0 Å². The van der Waals surface area contributed by atoms with Crippen molar-refractivity contribution in [3.05, 3.63) is 65.4 Å². The Morgan fingerprint density at radius 2 is 2.05 bits per heavy atom. The molecule has 0 saturated heterocycles. The Labute approximate surface area is 133 Å². The van der Waals surface area contributed by atoms with E-state index in [2.05, 4.69) is 46.5 Å². The number of imidazole rings is 1. The van der Waals surface area contributed by atoms with Crippen LogP contribution in [0.4, 0.5) is 0 Å². The van der Waals surface area contributed by atoms with Crippen LogP contribution >= 0.6 is 11.8 Å². The average molecular weight is 311 g/mol. The molecule has 112 valence electrons. The largest absolute Gasteiger partial charge is 0.452 e. The second-order valence-electron chi connectivity index (χ2n) is 5.48. The minimum absolute atomic E-state index is 0.0439. The first-order valence-corrected chi connectivity index (χ1v) is 8.21. The van der Waals surface area contributed by atoms with Gasteiger partial charge in [0, 0.05) is 23.6 Å². The van der Waals surface area contributed by atoms with Crippen LogP contribution in [0.1, 0.15) is 28.8 Å². The molecule has 2 aromatic heterocycles. The summed E-state index contributed by atoms with van der Waals surface area (Å²) in [7, 11) is 0. The topological polar surface area (TPSA) is 53.9 Å². The molecule has 4 rings (SSSR count). The van der Waals surface area contributed by atoms with Crippen molar-refractivity contribution in [3.63, 3.8) is 0 Å². The number of aryl methyl sites for hydroxylation is 1. The van der Waals surface area contributed by atoms with Crippen LogP contribution in [0.25, 0.3) is 0 Å². The molecular formula is C17H17N3OS. The van der Waals surface area contributed by atoms with Crippen molar-refractivity contribution < 1.29 is 4.42 Å². The highest BCUT2D eigenvalue weighted by Crippen LogP contribution is 2.33. The van der Waals surface area contributed by atoms with Gasteiger partial charge in [-0.2, -0.15) is 0 Å². The van der Waals surface area contributed by atoms with Crippen molar-refractivity contribution in [2.24, 2.45) is 0 Å². The second-order valence-corrected chi connectivity index (χ2v) is 6.55. The Hall–Kier alpha value is -1.98. The first kappa shape index (κ1) is 13.7. The first-order valence-electron chi connectivity index (χ1n) is 7.39. The number of hydrogen-bond acceptors (Lipinski definition) is 4. The summed E-state index contributed by atoms with van der Waals surface area (Å²) in [5.74, 6) is 0.919. The van der Waals surface area contributed by atoms with Crippen molar-refractivity contribution in [3.8, 4) is 0 Å². The van der Waals surface area contributed by atoms with Crippen LogP contribution in [-0.4, -0.2) is 16.5 Å². The summed E-state index contributed by atoms with van der Waals surface area (Å²) in [6.07, 6.45) is 2.74. The van der Waals surface area contributed by atoms with Crippen molar-refractivity contribution in [2.75, 3.05) is 6.54 Å². The Bertz CT molecular complexity index is 775. The zero-order chi connectivity index (χ0) is 14.9. The normalized spacial score (nSPS) is 17.4. The minimum Gasteiger partial charge on any atom is -0.452 e. The van der Waals surface area contributed by atoms with Crippen molar-refractivity contribution in [1.82, 2.24) is 15.3 Å². The molecule has 1 aliphatic rings. The molecule has 0 radical (unpaired) electrons. The lowest BCUT2D eigenvalue weighted by Gasteiger charge is -2.20. The second kappa shape index (κ2) is 5.66. The predicted molar refractivity (Wildman–Crippen MR) is 86.1 cm³/mol. The number of nitrogens with zero attached hydrogens (tertiary/aromatic N) is 1. The number of nitrogens with one attached hydrogen (secondary N) is 2. The smallest absolute Gasteiger partial charge is 0.165 e. The van der Waals surface area contributed by atoms with Gasteiger partial charge in [-0.15, -0.1) is 0 Å². The molecule has 1 aromatic carbocycles. The maximum absolute atomic E-state index is 6.03. The van der Waals surface area contributed by atoms with E-state index in [-0.39, 0.29) is 6.04 Å². The summed E-state index contributed by atoms with van der Waals surface area (Å²) in [6, 6.07) is 12.6. The molecule has 3 heterocycles. The Morgan fingerprint density at radius 1 is 1.18 bits per heavy atom. The quantitative estimate of drug-likeness (QED) is 0.774. The lowest BCUT2D eigenvalue weighted by molar-refractivity contribution is 0.383. The van der Waals surface area contributed by atoms with Crippen molar-refractivity contribution >= 4 is 11.8 Å². The van der Waals surface area contributed by atoms with Crippen molar-refractivity contribution in [2.45, 2.75) is 29.4 Å². The highest BCUT2D eigenvalue weighted by molar-refractivity contribution is 7.99. The van der Waals surface area contributed by atoms with E-state index in [1.807, 2.05) is 12.1 Å². The van der Waals surface area contributed by atoms with Crippen LogP contribution < -0.4 is 5.32 Å². The van der Waals surface area contributed by atoms with Gasteiger partial charge in [0.25, 0.3) is 0 Å². The molecule has 2 N–H and O–H groups in total. The van der Waals surface area contributed by atoms with E-state index in [4.69, 9.17) is 4.42 Å². The molecule has 4 nitrogen and oxygen atoms in total. The average Bonchev–Trinajstić information content (AvgIpc) is 3.18. The standard InChI is InChI=1S/C17H17N3OS/c1-11-2-4-12(5-3-11)22-15-7-6-14(21-15)17-16-13(8-9-18-17)19-10-20-16/h2-7,10,17-18H,8-9H2,1H3,(H,19,20). The number of furan rings is 1. The highest BCUT2D eigenvalue weighted by Gasteiger charge is 2.26. The predicted octanol–water partition coefficient (Wildman–Crippen LogP) is 3.70. The van der Waals surface area contributed by atoms with Gasteiger partial charge >= 0.3 is 0 Å². The van der Waals surface area contributed by atoms with Gasteiger partial charge in [0.2, 0.25) is 0 Å². The maximum Gasteiger partial charge on any atom is 0.165 e. The highest BCUT2D eigenvalue weighted by atomic mass is 32.2. The molecule has 3 aromatic rings. The molecule has 0 fully saturated rings. The third-order valence-electron chi connectivity index (χ3n) is 3.87. The van der Waals surface area contributed by atoms with Gasteiger partial charge < -0.3 is 14.7 Å². The van der Waals surface area contributed by atoms with Gasteiger partial charge in [-0.05, 0) is 31.2 Å². The molecule has 0 amide bonds. The van der Waals surface area contributed by atoms with E-state index in [0.717, 1.165) is 29.5 Å². The van der Waals surface area contributed by atoms with E-state index in [1.165, 1.54) is 16.2 Å². The van der Waals surface area contributed by atoms with Gasteiger partial charge in [-0.3, -0.25) is 0 Å². The van der Waals surface area contributed by atoms with Crippen LogP contribution in [0, 0.1) is 6.92 Å². The summed E-state index contributed by atoms with van der Waals surface area (Å²) in [5, 5.41) is 4.38. The fourth-order valence-corrected chi connectivity index (χ4v) is 3.50. The summed E-state index contributed by atoms with van der Waals surface area (Å²) >= 11 is 1.64. The summed E-state index contributed by atoms with van der Waals surface area (Å²) in [5.41, 5.74) is 3.52. The molecule has 1 aliphatic heterocycles. The van der Waals surface area contributed by atoms with Gasteiger partial charge in [0.1, 0.15) is 11.8 Å². The number of aromatic nitrogens is 2. The number of rotatable bonds is 3. The number of fused-ring (bicyclic) bond motifs is 1. The molecular weight excluding hydrogens is 294 g/mol. The fourth-order valence-electron chi connectivity index (χ4n) is 2.72. The van der Waals surface area contributed by atoms with E-state index >= 15 is 0 Å². The van der Waals surface area contributed by atoms with Gasteiger partial charge in [-0.1, -0.05) is 29.5 Å². The molecule has 0 bridgehead atoms. The van der Waals surface area contributed by atoms with Gasteiger partial charge in [-0.25, -0.2) is 4.98 Å². The lowest BCUT2D eigenvalue weighted by atomic mass is 10.0. The van der Waals surface area contributed by atoms with Crippen LogP contribution in [0.2, 0.25) is 0 Å². The van der Waals surface area contributed by atoms with E-state index in [9.17, 15) is 0 Å². The Balaban J connectivity index is 1.56. The minimum atomic E-state index is 0.0439. The molecule has 0 saturated carbocycles. The van der Waals surface area contributed by atoms with Gasteiger partial charge in [0.15, 0.2) is 5.09 Å². The third-order valence-corrected chi connectivity index (χ3v) is 4.80. The summed E-state index contributed by atoms with van der Waals surface area (Å²) in [6.45, 7) is 3.02.